The maximum atomic E-state index is 12.4. The van der Waals surface area contributed by atoms with Gasteiger partial charge in [0.05, 0.1) is 12.0 Å². The number of hydrogen-bond donors (Lipinski definition) is 1. The van der Waals surface area contributed by atoms with Crippen LogP contribution in [0.15, 0.2) is 24.3 Å². The minimum atomic E-state index is -0.451. The summed E-state index contributed by atoms with van der Waals surface area (Å²) in [4.78, 5) is 12.4. The van der Waals surface area contributed by atoms with Crippen molar-refractivity contribution in [2.75, 3.05) is 19.7 Å². The average molecular weight is 284 g/mol. The molecule has 0 spiro atoms. The number of nitrogens with one attached hydrogen (secondary N) is 1. The lowest BCUT2D eigenvalue weighted by molar-refractivity contribution is -0.151. The Hall–Kier alpha value is -1.06. The van der Waals surface area contributed by atoms with Gasteiger partial charge in [0.1, 0.15) is 0 Å². The van der Waals surface area contributed by atoms with E-state index in [1.54, 1.807) is 0 Å². The third kappa shape index (κ3) is 3.28. The number of aryl methyl sites for hydroxylation is 1. The minimum Gasteiger partial charge on any atom is -0.465 e. The lowest BCUT2D eigenvalue weighted by Gasteiger charge is -2.35. The fourth-order valence-corrected chi connectivity index (χ4v) is 2.68. The van der Waals surface area contributed by atoms with E-state index in [1.807, 2.05) is 13.0 Å². The standard InChI is InChI=1S/C15H21NO2.ClH/c1-3-18-14(17)15(7-9-16-10-8-15)13-6-4-5-12(2)11-13;/h4-6,11,16H,3,7-10H2,1-2H3;1H. The van der Waals surface area contributed by atoms with Crippen molar-refractivity contribution < 1.29 is 9.53 Å². The number of carbonyl (C=O) groups is 1. The van der Waals surface area contributed by atoms with Gasteiger partial charge in [-0.1, -0.05) is 29.8 Å². The van der Waals surface area contributed by atoms with Crippen molar-refractivity contribution in [1.82, 2.24) is 5.32 Å². The molecule has 1 aliphatic heterocycles. The summed E-state index contributed by atoms with van der Waals surface area (Å²) in [7, 11) is 0. The highest BCUT2D eigenvalue weighted by atomic mass is 35.5. The number of benzene rings is 1. The Balaban J connectivity index is 0.00000180. The molecule has 1 aliphatic rings. The molecule has 1 fully saturated rings. The first kappa shape index (κ1) is 16.0. The molecule has 1 heterocycles. The Morgan fingerprint density at radius 3 is 2.63 bits per heavy atom. The zero-order valence-electron chi connectivity index (χ0n) is 11.6. The summed E-state index contributed by atoms with van der Waals surface area (Å²) in [5, 5.41) is 3.31. The van der Waals surface area contributed by atoms with Gasteiger partial charge in [-0.25, -0.2) is 0 Å². The molecule has 19 heavy (non-hydrogen) atoms. The van der Waals surface area contributed by atoms with Crippen LogP contribution < -0.4 is 5.32 Å². The van der Waals surface area contributed by atoms with Gasteiger partial charge in [-0.3, -0.25) is 4.79 Å². The van der Waals surface area contributed by atoms with Gasteiger partial charge in [0.25, 0.3) is 0 Å². The number of carbonyl (C=O) groups excluding carboxylic acids is 1. The highest BCUT2D eigenvalue weighted by molar-refractivity contribution is 5.85. The van der Waals surface area contributed by atoms with Crippen LogP contribution in [-0.4, -0.2) is 25.7 Å². The molecule has 1 aromatic carbocycles. The second kappa shape index (κ2) is 6.92. The van der Waals surface area contributed by atoms with Gasteiger partial charge in [0, 0.05) is 0 Å². The van der Waals surface area contributed by atoms with Crippen molar-refractivity contribution in [3.63, 3.8) is 0 Å². The first-order valence-electron chi connectivity index (χ1n) is 6.64. The second-order valence-corrected chi connectivity index (χ2v) is 4.92. The van der Waals surface area contributed by atoms with Crippen molar-refractivity contribution in [1.29, 1.82) is 0 Å². The predicted molar refractivity (Wildman–Crippen MR) is 78.8 cm³/mol. The molecule has 0 atom stereocenters. The SMILES string of the molecule is CCOC(=O)C1(c2cccc(C)c2)CCNCC1.Cl. The highest BCUT2D eigenvalue weighted by Gasteiger charge is 2.42. The fourth-order valence-electron chi connectivity index (χ4n) is 2.68. The molecule has 1 N–H and O–H groups in total. The fraction of sp³-hybridized carbons (Fsp3) is 0.533. The quantitative estimate of drug-likeness (QED) is 0.867. The Bertz CT molecular complexity index is 428. The molecule has 2 rings (SSSR count). The Morgan fingerprint density at radius 2 is 2.05 bits per heavy atom. The van der Waals surface area contributed by atoms with Crippen LogP contribution in [0.2, 0.25) is 0 Å². The van der Waals surface area contributed by atoms with Crippen molar-refractivity contribution in [2.24, 2.45) is 0 Å². The summed E-state index contributed by atoms with van der Waals surface area (Å²) in [6.07, 6.45) is 1.63. The predicted octanol–water partition coefficient (Wildman–Crippen LogP) is 2.60. The topological polar surface area (TPSA) is 38.3 Å². The van der Waals surface area contributed by atoms with Crippen LogP contribution in [0.1, 0.15) is 30.9 Å². The molecule has 4 heteroatoms. The molecular weight excluding hydrogens is 262 g/mol. The maximum absolute atomic E-state index is 12.4. The zero-order chi connectivity index (χ0) is 13.0. The van der Waals surface area contributed by atoms with E-state index in [0.717, 1.165) is 31.5 Å². The van der Waals surface area contributed by atoms with Crippen LogP contribution in [0.25, 0.3) is 0 Å². The van der Waals surface area contributed by atoms with E-state index in [-0.39, 0.29) is 18.4 Å². The van der Waals surface area contributed by atoms with Crippen molar-refractivity contribution in [3.8, 4) is 0 Å². The molecule has 0 aliphatic carbocycles. The number of ether oxygens (including phenoxy) is 1. The third-order valence-corrected chi connectivity index (χ3v) is 3.69. The number of rotatable bonds is 3. The molecule has 0 radical (unpaired) electrons. The molecule has 0 unspecified atom stereocenters. The zero-order valence-corrected chi connectivity index (χ0v) is 12.4. The van der Waals surface area contributed by atoms with Gasteiger partial charge in [-0.15, -0.1) is 12.4 Å². The number of esters is 1. The molecule has 0 aromatic heterocycles. The van der Waals surface area contributed by atoms with Gasteiger partial charge in [0.2, 0.25) is 0 Å². The van der Waals surface area contributed by atoms with E-state index in [0.29, 0.717) is 6.61 Å². The van der Waals surface area contributed by atoms with Crippen LogP contribution in [0.4, 0.5) is 0 Å². The first-order valence-corrected chi connectivity index (χ1v) is 6.64. The van der Waals surface area contributed by atoms with Crippen molar-refractivity contribution >= 4 is 18.4 Å². The molecule has 0 bridgehead atoms. The summed E-state index contributed by atoms with van der Waals surface area (Å²) < 4.78 is 5.31. The van der Waals surface area contributed by atoms with E-state index in [9.17, 15) is 4.79 Å². The Morgan fingerprint density at radius 1 is 1.37 bits per heavy atom. The third-order valence-electron chi connectivity index (χ3n) is 3.69. The van der Waals surface area contributed by atoms with E-state index in [4.69, 9.17) is 4.74 Å². The van der Waals surface area contributed by atoms with Crippen LogP contribution in [0.3, 0.4) is 0 Å². The molecule has 3 nitrogen and oxygen atoms in total. The maximum Gasteiger partial charge on any atom is 0.316 e. The van der Waals surface area contributed by atoms with Gasteiger partial charge >= 0.3 is 5.97 Å². The molecular formula is C15H22ClNO2. The van der Waals surface area contributed by atoms with E-state index >= 15 is 0 Å². The van der Waals surface area contributed by atoms with Gasteiger partial charge in [0.15, 0.2) is 0 Å². The number of piperidine rings is 1. The number of hydrogen-bond acceptors (Lipinski definition) is 3. The minimum absolute atomic E-state index is 0. The van der Waals surface area contributed by atoms with Crippen molar-refractivity contribution in [3.05, 3.63) is 35.4 Å². The van der Waals surface area contributed by atoms with Crippen molar-refractivity contribution in [2.45, 2.75) is 32.1 Å². The Kier molecular flexibility index (Phi) is 5.83. The van der Waals surface area contributed by atoms with E-state index in [2.05, 4.69) is 30.4 Å². The van der Waals surface area contributed by atoms with Gasteiger partial charge in [-0.2, -0.15) is 0 Å². The van der Waals surface area contributed by atoms with Crippen LogP contribution in [0, 0.1) is 6.92 Å². The second-order valence-electron chi connectivity index (χ2n) is 4.92. The van der Waals surface area contributed by atoms with Gasteiger partial charge in [-0.05, 0) is 45.3 Å². The summed E-state index contributed by atoms with van der Waals surface area (Å²) in [6, 6.07) is 8.24. The summed E-state index contributed by atoms with van der Waals surface area (Å²) >= 11 is 0. The normalized spacial score (nSPS) is 17.4. The highest BCUT2D eigenvalue weighted by Crippen LogP contribution is 2.35. The smallest absolute Gasteiger partial charge is 0.316 e. The molecule has 0 saturated carbocycles. The molecule has 1 saturated heterocycles. The first-order chi connectivity index (χ1) is 8.69. The summed E-state index contributed by atoms with van der Waals surface area (Å²) in [5.74, 6) is -0.0721. The molecule has 0 amide bonds. The lowest BCUT2D eigenvalue weighted by atomic mass is 9.73. The van der Waals surface area contributed by atoms with E-state index < -0.39 is 5.41 Å². The molecule has 106 valence electrons. The Labute approximate surface area is 121 Å². The average Bonchev–Trinajstić information content (AvgIpc) is 2.40. The number of halogens is 1. The summed E-state index contributed by atoms with van der Waals surface area (Å²) in [5.41, 5.74) is 1.84. The van der Waals surface area contributed by atoms with Gasteiger partial charge < -0.3 is 10.1 Å². The summed E-state index contributed by atoms with van der Waals surface area (Å²) in [6.45, 7) is 6.10. The van der Waals surface area contributed by atoms with Crippen LogP contribution in [-0.2, 0) is 14.9 Å². The largest absolute Gasteiger partial charge is 0.465 e. The molecule has 1 aromatic rings. The van der Waals surface area contributed by atoms with Crippen LogP contribution >= 0.6 is 12.4 Å². The van der Waals surface area contributed by atoms with Crippen LogP contribution in [0.5, 0.6) is 0 Å². The lowest BCUT2D eigenvalue weighted by Crippen LogP contribution is -2.46. The van der Waals surface area contributed by atoms with E-state index in [1.165, 1.54) is 5.56 Å². The monoisotopic (exact) mass is 283 g/mol.